The fraction of sp³-hybridized carbons (Fsp3) is 0.174. The van der Waals surface area contributed by atoms with Crippen molar-refractivity contribution in [3.8, 4) is 0 Å². The second-order valence-electron chi connectivity index (χ2n) is 6.81. The first-order valence-corrected chi connectivity index (χ1v) is 8.80. The number of para-hydroxylation sites is 2. The molecule has 1 aliphatic rings. The van der Waals surface area contributed by atoms with Gasteiger partial charge in [0, 0.05) is 30.6 Å². The summed E-state index contributed by atoms with van der Waals surface area (Å²) in [6.07, 6.45) is 8.86. The normalized spacial score (nSPS) is 15.2. The number of anilines is 1. The van der Waals surface area contributed by atoms with E-state index in [1.54, 1.807) is 0 Å². The van der Waals surface area contributed by atoms with Crippen LogP contribution in [-0.4, -0.2) is 7.05 Å². The third kappa shape index (κ3) is 2.74. The fourth-order valence-corrected chi connectivity index (χ4v) is 3.51. The maximum absolute atomic E-state index is 2.33. The van der Waals surface area contributed by atoms with E-state index < -0.39 is 0 Å². The van der Waals surface area contributed by atoms with Crippen molar-refractivity contribution in [1.29, 1.82) is 0 Å². The van der Waals surface area contributed by atoms with Gasteiger partial charge in [0.25, 0.3) is 0 Å². The number of pyridine rings is 1. The average molecular weight is 327 g/mol. The van der Waals surface area contributed by atoms with Crippen molar-refractivity contribution in [2.45, 2.75) is 19.9 Å². The Morgan fingerprint density at radius 1 is 0.920 bits per heavy atom. The molecule has 0 fully saturated rings. The Bertz CT molecular complexity index is 996. The van der Waals surface area contributed by atoms with Crippen molar-refractivity contribution in [2.24, 2.45) is 0 Å². The maximum atomic E-state index is 2.33. The van der Waals surface area contributed by atoms with Crippen LogP contribution < -0.4 is 9.47 Å². The average Bonchev–Trinajstić information content (AvgIpc) is 2.64. The predicted octanol–water partition coefficient (Wildman–Crippen LogP) is 5.21. The molecule has 2 nitrogen and oxygen atoms in total. The van der Waals surface area contributed by atoms with Gasteiger partial charge in [0.05, 0.1) is 5.39 Å². The minimum Gasteiger partial charge on any atom is -0.344 e. The number of likely N-dealkylation sites (N-methyl/N-ethyl adjacent to an activating group) is 1. The van der Waals surface area contributed by atoms with Crippen molar-refractivity contribution in [3.63, 3.8) is 0 Å². The van der Waals surface area contributed by atoms with Gasteiger partial charge < -0.3 is 4.90 Å². The van der Waals surface area contributed by atoms with Crippen LogP contribution in [0.15, 0.2) is 72.6 Å². The molecular weight excluding hydrogens is 304 g/mol. The molecule has 0 spiro atoms. The highest BCUT2D eigenvalue weighted by Crippen LogP contribution is 2.31. The molecule has 2 heteroatoms. The Labute approximate surface area is 149 Å². The molecule has 0 aliphatic carbocycles. The predicted molar refractivity (Wildman–Crippen MR) is 106 cm³/mol. The molecule has 25 heavy (non-hydrogen) atoms. The molecule has 0 atom stereocenters. The second-order valence-corrected chi connectivity index (χ2v) is 6.81. The summed E-state index contributed by atoms with van der Waals surface area (Å²) < 4.78 is 2.33. The van der Waals surface area contributed by atoms with Crippen LogP contribution in [0.2, 0.25) is 0 Å². The number of benzene rings is 2. The molecule has 124 valence electrons. The molecule has 1 aliphatic heterocycles. The van der Waals surface area contributed by atoms with Crippen LogP contribution in [0.4, 0.5) is 5.69 Å². The van der Waals surface area contributed by atoms with E-state index >= 15 is 0 Å². The number of rotatable bonds is 2. The number of allylic oxidation sites excluding steroid dienone is 1. The van der Waals surface area contributed by atoms with E-state index in [4.69, 9.17) is 0 Å². The smallest absolute Gasteiger partial charge is 0.213 e. The highest BCUT2D eigenvalue weighted by Gasteiger charge is 2.16. The highest BCUT2D eigenvalue weighted by atomic mass is 15.1. The molecule has 0 radical (unpaired) electrons. The van der Waals surface area contributed by atoms with Gasteiger partial charge in [0.15, 0.2) is 12.2 Å². The van der Waals surface area contributed by atoms with E-state index in [-0.39, 0.29) is 0 Å². The molecular formula is C23H23N2+. The Balaban J connectivity index is 1.85. The fourth-order valence-electron chi connectivity index (χ4n) is 3.51. The molecule has 0 saturated heterocycles. The first-order chi connectivity index (χ1) is 12.1. The van der Waals surface area contributed by atoms with E-state index in [9.17, 15) is 0 Å². The Morgan fingerprint density at radius 3 is 2.52 bits per heavy atom. The lowest BCUT2D eigenvalue weighted by molar-refractivity contribution is -0.691. The first-order valence-electron chi connectivity index (χ1n) is 8.80. The van der Waals surface area contributed by atoms with Gasteiger partial charge in [-0.1, -0.05) is 36.4 Å². The summed E-state index contributed by atoms with van der Waals surface area (Å²) in [6.45, 7) is 4.44. The van der Waals surface area contributed by atoms with Gasteiger partial charge in [-0.2, -0.15) is 4.57 Å². The Hall–Kier alpha value is -2.87. The summed E-state index contributed by atoms with van der Waals surface area (Å²) in [5.74, 6) is 0. The summed E-state index contributed by atoms with van der Waals surface area (Å²) in [5.41, 5.74) is 6.23. The van der Waals surface area contributed by atoms with Gasteiger partial charge in [0.1, 0.15) is 0 Å². The van der Waals surface area contributed by atoms with Gasteiger partial charge in [-0.15, -0.1) is 0 Å². The molecule has 4 rings (SSSR count). The van der Waals surface area contributed by atoms with Gasteiger partial charge in [0.2, 0.25) is 5.52 Å². The van der Waals surface area contributed by atoms with Gasteiger partial charge >= 0.3 is 0 Å². The summed E-state index contributed by atoms with van der Waals surface area (Å²) in [6, 6.07) is 19.8. The van der Waals surface area contributed by atoms with Crippen LogP contribution in [0.1, 0.15) is 31.0 Å². The highest BCUT2D eigenvalue weighted by molar-refractivity contribution is 5.88. The molecule has 2 aromatic carbocycles. The molecule has 1 aromatic heterocycles. The van der Waals surface area contributed by atoms with E-state index in [0.29, 0.717) is 6.04 Å². The maximum Gasteiger partial charge on any atom is 0.213 e. The van der Waals surface area contributed by atoms with Crippen molar-refractivity contribution >= 4 is 28.7 Å². The van der Waals surface area contributed by atoms with E-state index in [0.717, 1.165) is 0 Å². The van der Waals surface area contributed by atoms with E-state index in [1.165, 1.54) is 33.4 Å². The zero-order valence-corrected chi connectivity index (χ0v) is 15.0. The lowest BCUT2D eigenvalue weighted by Gasteiger charge is -2.26. The minimum absolute atomic E-state index is 0.440. The molecule has 0 amide bonds. The van der Waals surface area contributed by atoms with Gasteiger partial charge in [-0.05, 0) is 49.3 Å². The molecule has 0 bridgehead atoms. The largest absolute Gasteiger partial charge is 0.344 e. The molecule has 0 unspecified atom stereocenters. The summed E-state index contributed by atoms with van der Waals surface area (Å²) in [7, 11) is 2.13. The zero-order chi connectivity index (χ0) is 17.4. The Kier molecular flexibility index (Phi) is 3.89. The van der Waals surface area contributed by atoms with E-state index in [2.05, 4.69) is 109 Å². The van der Waals surface area contributed by atoms with Gasteiger partial charge in [-0.3, -0.25) is 0 Å². The standard InChI is InChI=1S/C23H23N2/c1-17(2)25-15-14-19(21-9-5-7-11-23(21)25)16-20-13-12-18-8-4-6-10-22(18)24(20)3/h4-17H,1-3H3/q+1. The first kappa shape index (κ1) is 15.6. The lowest BCUT2D eigenvalue weighted by atomic mass is 10.0. The number of nitrogens with zero attached hydrogens (tertiary/aromatic N) is 2. The van der Waals surface area contributed by atoms with Crippen molar-refractivity contribution in [3.05, 3.63) is 83.7 Å². The Morgan fingerprint density at radius 2 is 1.68 bits per heavy atom. The van der Waals surface area contributed by atoms with Crippen LogP contribution >= 0.6 is 0 Å². The third-order valence-electron chi connectivity index (χ3n) is 4.89. The summed E-state index contributed by atoms with van der Waals surface area (Å²) in [4.78, 5) is 2.26. The number of fused-ring (bicyclic) bond motifs is 2. The lowest BCUT2D eigenvalue weighted by Crippen LogP contribution is -2.36. The zero-order valence-electron chi connectivity index (χ0n) is 15.0. The van der Waals surface area contributed by atoms with Crippen LogP contribution in [0.5, 0.6) is 0 Å². The number of hydrogen-bond donors (Lipinski definition) is 0. The van der Waals surface area contributed by atoms with E-state index in [1.807, 2.05) is 0 Å². The monoisotopic (exact) mass is 327 g/mol. The van der Waals surface area contributed by atoms with Crippen molar-refractivity contribution in [2.75, 3.05) is 11.9 Å². The number of hydrogen-bond acceptors (Lipinski definition) is 1. The molecule has 2 heterocycles. The molecule has 0 saturated carbocycles. The van der Waals surface area contributed by atoms with Crippen molar-refractivity contribution < 1.29 is 4.57 Å². The quantitative estimate of drug-likeness (QED) is 0.586. The topological polar surface area (TPSA) is 7.12 Å². The van der Waals surface area contributed by atoms with Gasteiger partial charge in [-0.25, -0.2) is 0 Å². The molecule has 3 aromatic rings. The minimum atomic E-state index is 0.440. The SMILES string of the molecule is CC(C)[n+]1ccc(C=C2C=Cc3ccccc3N2C)c2ccccc21. The third-order valence-corrected chi connectivity index (χ3v) is 4.89. The van der Waals surface area contributed by atoms with Crippen LogP contribution in [0.3, 0.4) is 0 Å². The number of aromatic nitrogens is 1. The van der Waals surface area contributed by atoms with Crippen LogP contribution in [-0.2, 0) is 0 Å². The summed E-state index contributed by atoms with van der Waals surface area (Å²) >= 11 is 0. The summed E-state index contributed by atoms with van der Waals surface area (Å²) in [5, 5.41) is 1.28. The second kappa shape index (κ2) is 6.21. The molecule has 0 N–H and O–H groups in total. The van der Waals surface area contributed by atoms with Crippen molar-refractivity contribution in [1.82, 2.24) is 0 Å². The van der Waals surface area contributed by atoms with Crippen LogP contribution in [0, 0.1) is 0 Å². The van der Waals surface area contributed by atoms with Crippen LogP contribution in [0.25, 0.3) is 23.1 Å².